The minimum Gasteiger partial charge on any atom is -0.422 e. The summed E-state index contributed by atoms with van der Waals surface area (Å²) in [5, 5.41) is 5.23. The lowest BCUT2D eigenvalue weighted by molar-refractivity contribution is 0.0734. The number of carbonyl (C=O) groups is 2. The normalized spacial score (nSPS) is 11.2. The lowest BCUT2D eigenvalue weighted by Gasteiger charge is -2.09. The smallest absolute Gasteiger partial charge is 0.345 e. The third kappa shape index (κ3) is 5.73. The van der Waals surface area contributed by atoms with Crippen molar-refractivity contribution >= 4 is 68.1 Å². The number of hydrazone groups is 1. The Kier molecular flexibility index (Phi) is 7.79. The summed E-state index contributed by atoms with van der Waals surface area (Å²) in [6.07, 6.45) is 1.34. The predicted molar refractivity (Wildman–Crippen MR) is 154 cm³/mol. The Balaban J connectivity index is 1.44. The monoisotopic (exact) mass is 623 g/mol. The molecule has 5 rings (SSSR count). The second kappa shape index (κ2) is 11.4. The van der Waals surface area contributed by atoms with Crippen LogP contribution in [-0.2, 0) is 0 Å². The molecule has 4 aromatic carbocycles. The van der Waals surface area contributed by atoms with Crippen molar-refractivity contribution in [2.45, 2.75) is 0 Å². The van der Waals surface area contributed by atoms with Crippen molar-refractivity contribution < 1.29 is 18.7 Å². The first-order valence-electron chi connectivity index (χ1n) is 11.5. The highest BCUT2D eigenvalue weighted by molar-refractivity contribution is 9.10. The van der Waals surface area contributed by atoms with Gasteiger partial charge in [0.25, 0.3) is 5.91 Å². The Bertz CT molecular complexity index is 1770. The van der Waals surface area contributed by atoms with Crippen LogP contribution in [0.25, 0.3) is 22.0 Å². The van der Waals surface area contributed by atoms with E-state index in [1.807, 2.05) is 0 Å². The number of hydrogen-bond acceptors (Lipinski definition) is 4. The summed E-state index contributed by atoms with van der Waals surface area (Å²) in [5.41, 5.74) is 4.82. The standard InChI is InChI=1S/C29H17BrCl2FN3O3/c30-17-9-12-25(39-29(38)20-6-2-4-8-23(20)32)16(13-17)15-34-36-28(37)27-26(19-5-1-3-7-22(19)31)21-14-18(33)10-11-24(21)35-27/h1-15,35H,(H,36,37). The van der Waals surface area contributed by atoms with Gasteiger partial charge in [0.05, 0.1) is 16.8 Å². The van der Waals surface area contributed by atoms with E-state index in [4.69, 9.17) is 27.9 Å². The number of halogens is 4. The first kappa shape index (κ1) is 26.6. The van der Waals surface area contributed by atoms with E-state index in [2.05, 4.69) is 31.4 Å². The molecule has 5 aromatic rings. The van der Waals surface area contributed by atoms with Crippen LogP contribution in [0, 0.1) is 5.82 Å². The molecule has 0 aliphatic carbocycles. The quantitative estimate of drug-likeness (QED) is 0.0868. The van der Waals surface area contributed by atoms with Gasteiger partial charge in [-0.3, -0.25) is 4.79 Å². The van der Waals surface area contributed by atoms with Crippen molar-refractivity contribution in [1.82, 2.24) is 10.4 Å². The Hall–Kier alpha value is -3.98. The summed E-state index contributed by atoms with van der Waals surface area (Å²) < 4.78 is 20.4. The number of rotatable bonds is 6. The van der Waals surface area contributed by atoms with Crippen LogP contribution in [0.4, 0.5) is 4.39 Å². The fourth-order valence-corrected chi connectivity index (χ4v) is 4.81. The number of carbonyl (C=O) groups excluding carboxylic acids is 2. The molecule has 0 saturated carbocycles. The maximum atomic E-state index is 14.1. The maximum absolute atomic E-state index is 14.1. The third-order valence-electron chi connectivity index (χ3n) is 5.77. The largest absolute Gasteiger partial charge is 0.422 e. The molecule has 10 heteroatoms. The molecule has 0 atom stereocenters. The number of esters is 1. The predicted octanol–water partition coefficient (Wildman–Crippen LogP) is 8.03. The van der Waals surface area contributed by atoms with Crippen molar-refractivity contribution in [2.24, 2.45) is 5.10 Å². The Morgan fingerprint density at radius 1 is 0.949 bits per heavy atom. The van der Waals surface area contributed by atoms with E-state index in [9.17, 15) is 14.0 Å². The average molecular weight is 625 g/mol. The summed E-state index contributed by atoms with van der Waals surface area (Å²) in [6, 6.07) is 22.7. The van der Waals surface area contributed by atoms with Crippen LogP contribution >= 0.6 is 39.1 Å². The molecule has 1 heterocycles. The first-order chi connectivity index (χ1) is 18.8. The molecule has 0 unspecified atom stereocenters. The minimum atomic E-state index is -0.642. The Morgan fingerprint density at radius 3 is 2.46 bits per heavy atom. The minimum absolute atomic E-state index is 0.153. The highest BCUT2D eigenvalue weighted by atomic mass is 79.9. The van der Waals surface area contributed by atoms with E-state index < -0.39 is 17.7 Å². The third-order valence-corrected chi connectivity index (χ3v) is 6.92. The molecule has 0 spiro atoms. The van der Waals surface area contributed by atoms with Crippen molar-refractivity contribution in [3.8, 4) is 16.9 Å². The number of amides is 1. The summed E-state index contributed by atoms with van der Waals surface area (Å²) >= 11 is 15.9. The molecule has 1 amide bonds. The number of H-pyrrole nitrogens is 1. The van der Waals surface area contributed by atoms with E-state index in [1.165, 1.54) is 18.3 Å². The van der Waals surface area contributed by atoms with Crippen molar-refractivity contribution in [3.05, 3.63) is 122 Å². The molecule has 0 saturated heterocycles. The number of aromatic nitrogens is 1. The second-order valence-electron chi connectivity index (χ2n) is 8.30. The summed E-state index contributed by atoms with van der Waals surface area (Å²) in [5.74, 6) is -1.47. The molecular weight excluding hydrogens is 608 g/mol. The highest BCUT2D eigenvalue weighted by Gasteiger charge is 2.21. The number of benzene rings is 4. The van der Waals surface area contributed by atoms with Gasteiger partial charge in [0.1, 0.15) is 17.3 Å². The van der Waals surface area contributed by atoms with Gasteiger partial charge in [0.15, 0.2) is 0 Å². The molecule has 1 aromatic heterocycles. The molecule has 0 bridgehead atoms. The van der Waals surface area contributed by atoms with Gasteiger partial charge >= 0.3 is 5.97 Å². The summed E-state index contributed by atoms with van der Waals surface area (Å²) in [4.78, 5) is 29.0. The zero-order valence-corrected chi connectivity index (χ0v) is 22.9. The van der Waals surface area contributed by atoms with E-state index in [-0.39, 0.29) is 22.0 Å². The number of ether oxygens (including phenoxy) is 1. The number of nitrogens with one attached hydrogen (secondary N) is 2. The molecule has 194 valence electrons. The van der Waals surface area contributed by atoms with E-state index in [1.54, 1.807) is 72.8 Å². The zero-order chi connectivity index (χ0) is 27.5. The van der Waals surface area contributed by atoms with Crippen LogP contribution in [0.5, 0.6) is 5.75 Å². The van der Waals surface area contributed by atoms with Crippen molar-refractivity contribution in [1.29, 1.82) is 0 Å². The van der Waals surface area contributed by atoms with Gasteiger partial charge in [-0.1, -0.05) is 69.5 Å². The SMILES string of the molecule is O=C(Oc1ccc(Br)cc1C=NNC(=O)c1[nH]c2ccc(F)cc2c1-c1ccccc1Cl)c1ccccc1Cl. The summed E-state index contributed by atoms with van der Waals surface area (Å²) in [7, 11) is 0. The van der Waals surface area contributed by atoms with Gasteiger partial charge in [0.2, 0.25) is 0 Å². The van der Waals surface area contributed by atoms with Crippen LogP contribution < -0.4 is 10.2 Å². The van der Waals surface area contributed by atoms with Gasteiger partial charge in [0, 0.05) is 37.1 Å². The molecule has 39 heavy (non-hydrogen) atoms. The maximum Gasteiger partial charge on any atom is 0.345 e. The molecule has 0 fully saturated rings. The highest BCUT2D eigenvalue weighted by Crippen LogP contribution is 2.37. The lowest BCUT2D eigenvalue weighted by atomic mass is 10.0. The Morgan fingerprint density at radius 2 is 1.69 bits per heavy atom. The van der Waals surface area contributed by atoms with Crippen LogP contribution in [0.1, 0.15) is 26.4 Å². The molecule has 0 aliphatic heterocycles. The molecule has 2 N–H and O–H groups in total. The topological polar surface area (TPSA) is 83.5 Å². The number of fused-ring (bicyclic) bond motifs is 1. The Labute approximate surface area is 240 Å². The van der Waals surface area contributed by atoms with Crippen LogP contribution in [0.15, 0.2) is 94.5 Å². The van der Waals surface area contributed by atoms with Gasteiger partial charge < -0.3 is 9.72 Å². The molecule has 0 aliphatic rings. The molecule has 6 nitrogen and oxygen atoms in total. The number of aromatic amines is 1. The number of nitrogens with zero attached hydrogens (tertiary/aromatic N) is 1. The van der Waals surface area contributed by atoms with Crippen molar-refractivity contribution in [3.63, 3.8) is 0 Å². The van der Waals surface area contributed by atoms with Crippen LogP contribution in [0.2, 0.25) is 10.0 Å². The summed E-state index contributed by atoms with van der Waals surface area (Å²) in [6.45, 7) is 0. The van der Waals surface area contributed by atoms with Gasteiger partial charge in [-0.05, 0) is 54.6 Å². The molecular formula is C29H17BrCl2FN3O3. The fraction of sp³-hybridized carbons (Fsp3) is 0. The van der Waals surface area contributed by atoms with Crippen LogP contribution in [0.3, 0.4) is 0 Å². The van der Waals surface area contributed by atoms with E-state index in [0.717, 1.165) is 0 Å². The second-order valence-corrected chi connectivity index (χ2v) is 10.0. The van der Waals surface area contributed by atoms with Crippen molar-refractivity contribution in [2.75, 3.05) is 0 Å². The van der Waals surface area contributed by atoms with Gasteiger partial charge in [-0.15, -0.1) is 0 Å². The molecule has 0 radical (unpaired) electrons. The van der Waals surface area contributed by atoms with Crippen LogP contribution in [-0.4, -0.2) is 23.1 Å². The lowest BCUT2D eigenvalue weighted by Crippen LogP contribution is -2.19. The van der Waals surface area contributed by atoms with Gasteiger partial charge in [-0.25, -0.2) is 14.6 Å². The average Bonchev–Trinajstić information content (AvgIpc) is 3.29. The fourth-order valence-electron chi connectivity index (χ4n) is 3.99. The first-order valence-corrected chi connectivity index (χ1v) is 13.0. The number of hydrogen-bond donors (Lipinski definition) is 2. The van der Waals surface area contributed by atoms with Gasteiger partial charge in [-0.2, -0.15) is 5.10 Å². The van der Waals surface area contributed by atoms with E-state index >= 15 is 0 Å². The zero-order valence-electron chi connectivity index (χ0n) is 19.8. The van der Waals surface area contributed by atoms with E-state index in [0.29, 0.717) is 37.1 Å².